The topological polar surface area (TPSA) is 58.6 Å². The van der Waals surface area contributed by atoms with Gasteiger partial charge in [-0.2, -0.15) is 0 Å². The predicted molar refractivity (Wildman–Crippen MR) is 93.1 cm³/mol. The van der Waals surface area contributed by atoms with Crippen LogP contribution in [0.1, 0.15) is 29.9 Å². The molecule has 24 heavy (non-hydrogen) atoms. The molecule has 0 aromatic heterocycles. The molecule has 2 aromatic carbocycles. The van der Waals surface area contributed by atoms with Gasteiger partial charge in [0.1, 0.15) is 5.75 Å². The van der Waals surface area contributed by atoms with Crippen molar-refractivity contribution in [1.29, 1.82) is 0 Å². The molecule has 0 saturated carbocycles. The Bertz CT molecular complexity index is 672. The summed E-state index contributed by atoms with van der Waals surface area (Å²) in [6.45, 7) is 0.921. The molecule has 126 valence electrons. The Balaban J connectivity index is 1.48. The van der Waals surface area contributed by atoms with E-state index >= 15 is 0 Å². The van der Waals surface area contributed by atoms with Gasteiger partial charge in [-0.3, -0.25) is 4.79 Å². The number of amides is 1. The quantitative estimate of drug-likeness (QED) is 0.858. The number of ether oxygens (including phenoxy) is 1. The Morgan fingerprint density at radius 2 is 1.92 bits per heavy atom. The lowest BCUT2D eigenvalue weighted by atomic mass is 9.90. The molecular weight excluding hydrogens is 302 g/mol. The highest BCUT2D eigenvalue weighted by molar-refractivity contribution is 5.77. The molecule has 0 radical (unpaired) electrons. The summed E-state index contributed by atoms with van der Waals surface area (Å²) in [5.41, 5.74) is 2.17. The van der Waals surface area contributed by atoms with E-state index in [1.165, 1.54) is 0 Å². The Kier molecular flexibility index (Phi) is 5.49. The third kappa shape index (κ3) is 4.36. The van der Waals surface area contributed by atoms with Gasteiger partial charge in [0.05, 0.1) is 12.7 Å². The van der Waals surface area contributed by atoms with Crippen molar-refractivity contribution in [1.82, 2.24) is 5.32 Å². The number of aliphatic hydroxyl groups excluding tert-OH is 1. The van der Waals surface area contributed by atoms with E-state index in [2.05, 4.69) is 5.32 Å². The summed E-state index contributed by atoms with van der Waals surface area (Å²) in [4.78, 5) is 12.2. The summed E-state index contributed by atoms with van der Waals surface area (Å²) in [6.07, 6.45) is 1.25. The van der Waals surface area contributed by atoms with Crippen molar-refractivity contribution in [2.75, 3.05) is 13.2 Å². The predicted octanol–water partition coefficient (Wildman–Crippen LogP) is 2.66. The fourth-order valence-electron chi connectivity index (χ4n) is 3.11. The number of fused-ring (bicyclic) bond motifs is 1. The van der Waals surface area contributed by atoms with E-state index in [0.717, 1.165) is 23.3 Å². The molecule has 1 aliphatic rings. The summed E-state index contributed by atoms with van der Waals surface area (Å²) in [7, 11) is 0. The molecule has 0 aliphatic carbocycles. The molecule has 1 heterocycles. The maximum absolute atomic E-state index is 12.2. The molecule has 2 aromatic rings. The zero-order chi connectivity index (χ0) is 16.8. The van der Waals surface area contributed by atoms with Gasteiger partial charge in [-0.25, -0.2) is 0 Å². The van der Waals surface area contributed by atoms with E-state index in [9.17, 15) is 9.90 Å². The van der Waals surface area contributed by atoms with Gasteiger partial charge in [0.15, 0.2) is 0 Å². The van der Waals surface area contributed by atoms with Gasteiger partial charge in [-0.15, -0.1) is 0 Å². The van der Waals surface area contributed by atoms with E-state index in [1.54, 1.807) is 0 Å². The monoisotopic (exact) mass is 325 g/mol. The molecule has 0 spiro atoms. The van der Waals surface area contributed by atoms with Crippen molar-refractivity contribution in [3.8, 4) is 5.75 Å². The van der Waals surface area contributed by atoms with Gasteiger partial charge >= 0.3 is 0 Å². The minimum atomic E-state index is -0.571. The van der Waals surface area contributed by atoms with E-state index in [-0.39, 0.29) is 18.4 Å². The summed E-state index contributed by atoms with van der Waals surface area (Å²) in [5.74, 6) is 1.04. The van der Waals surface area contributed by atoms with Crippen molar-refractivity contribution in [2.24, 2.45) is 0 Å². The first-order chi connectivity index (χ1) is 11.7. The second kappa shape index (κ2) is 7.97. The molecule has 0 fully saturated rings. The standard InChI is InChI=1S/C20H23NO3/c22-17(12-15-6-2-1-3-7-15)14-21-20(23)13-16-10-11-24-19-9-5-4-8-18(16)19/h1-9,16-17,22H,10-14H2,(H,21,23)/t16-,17-/m0/s1. The Morgan fingerprint density at radius 3 is 2.75 bits per heavy atom. The van der Waals surface area contributed by atoms with Gasteiger partial charge < -0.3 is 15.2 Å². The fourth-order valence-corrected chi connectivity index (χ4v) is 3.11. The molecule has 4 nitrogen and oxygen atoms in total. The minimum Gasteiger partial charge on any atom is -0.493 e. The first-order valence-corrected chi connectivity index (χ1v) is 8.43. The van der Waals surface area contributed by atoms with Crippen LogP contribution in [0.15, 0.2) is 54.6 Å². The molecule has 1 amide bonds. The van der Waals surface area contributed by atoms with Crippen LogP contribution in [0.25, 0.3) is 0 Å². The van der Waals surface area contributed by atoms with E-state index in [0.29, 0.717) is 19.4 Å². The zero-order valence-corrected chi connectivity index (χ0v) is 13.7. The van der Waals surface area contributed by atoms with Gasteiger partial charge in [-0.05, 0) is 29.5 Å². The van der Waals surface area contributed by atoms with Crippen LogP contribution in [0.2, 0.25) is 0 Å². The van der Waals surface area contributed by atoms with Crippen molar-refractivity contribution in [2.45, 2.75) is 31.3 Å². The largest absolute Gasteiger partial charge is 0.493 e. The van der Waals surface area contributed by atoms with Gasteiger partial charge in [0, 0.05) is 19.4 Å². The highest BCUT2D eigenvalue weighted by atomic mass is 16.5. The lowest BCUT2D eigenvalue weighted by Gasteiger charge is -2.25. The highest BCUT2D eigenvalue weighted by Gasteiger charge is 2.23. The number of hydrogen-bond donors (Lipinski definition) is 2. The van der Waals surface area contributed by atoms with Crippen LogP contribution in [0.3, 0.4) is 0 Å². The van der Waals surface area contributed by atoms with Crippen molar-refractivity contribution < 1.29 is 14.6 Å². The maximum atomic E-state index is 12.2. The zero-order valence-electron chi connectivity index (χ0n) is 13.7. The van der Waals surface area contributed by atoms with Crippen LogP contribution < -0.4 is 10.1 Å². The van der Waals surface area contributed by atoms with E-state index in [1.807, 2.05) is 54.6 Å². The van der Waals surface area contributed by atoms with Crippen molar-refractivity contribution in [3.05, 3.63) is 65.7 Å². The average Bonchev–Trinajstić information content (AvgIpc) is 2.61. The molecule has 3 rings (SSSR count). The van der Waals surface area contributed by atoms with Crippen LogP contribution in [0.5, 0.6) is 5.75 Å². The van der Waals surface area contributed by atoms with Gasteiger partial charge in [-0.1, -0.05) is 48.5 Å². The molecule has 0 bridgehead atoms. The molecule has 4 heteroatoms. The fraction of sp³-hybridized carbons (Fsp3) is 0.350. The summed E-state index contributed by atoms with van der Waals surface area (Å²) in [5, 5.41) is 12.9. The van der Waals surface area contributed by atoms with Gasteiger partial charge in [0.2, 0.25) is 5.91 Å². The first kappa shape index (κ1) is 16.5. The average molecular weight is 325 g/mol. The highest BCUT2D eigenvalue weighted by Crippen LogP contribution is 2.35. The smallest absolute Gasteiger partial charge is 0.220 e. The summed E-state index contributed by atoms with van der Waals surface area (Å²) in [6, 6.07) is 17.7. The van der Waals surface area contributed by atoms with Crippen LogP contribution >= 0.6 is 0 Å². The third-order valence-corrected chi connectivity index (χ3v) is 4.36. The third-order valence-electron chi connectivity index (χ3n) is 4.36. The summed E-state index contributed by atoms with van der Waals surface area (Å²) < 4.78 is 5.63. The van der Waals surface area contributed by atoms with E-state index < -0.39 is 6.10 Å². The van der Waals surface area contributed by atoms with Crippen molar-refractivity contribution >= 4 is 5.91 Å². The number of para-hydroxylation sites is 1. The minimum absolute atomic E-state index is 0.0242. The lowest BCUT2D eigenvalue weighted by molar-refractivity contribution is -0.122. The molecule has 2 N–H and O–H groups in total. The Labute approximate surface area is 142 Å². The summed E-state index contributed by atoms with van der Waals surface area (Å²) >= 11 is 0. The van der Waals surface area contributed by atoms with Crippen LogP contribution in [-0.4, -0.2) is 30.3 Å². The van der Waals surface area contributed by atoms with E-state index in [4.69, 9.17) is 4.74 Å². The number of nitrogens with one attached hydrogen (secondary N) is 1. The number of benzene rings is 2. The number of rotatable bonds is 6. The van der Waals surface area contributed by atoms with Crippen molar-refractivity contribution in [3.63, 3.8) is 0 Å². The number of carbonyl (C=O) groups excluding carboxylic acids is 1. The van der Waals surface area contributed by atoms with Crippen LogP contribution in [0, 0.1) is 0 Å². The number of hydrogen-bond acceptors (Lipinski definition) is 3. The SMILES string of the molecule is O=C(C[C@@H]1CCOc2ccccc21)NC[C@@H](O)Cc1ccccc1. The van der Waals surface area contributed by atoms with Crippen LogP contribution in [0.4, 0.5) is 0 Å². The molecule has 0 saturated heterocycles. The van der Waals surface area contributed by atoms with Gasteiger partial charge in [0.25, 0.3) is 0 Å². The second-order valence-corrected chi connectivity index (χ2v) is 6.22. The molecule has 2 atom stereocenters. The lowest BCUT2D eigenvalue weighted by Crippen LogP contribution is -2.34. The number of carbonyl (C=O) groups is 1. The molecule has 1 aliphatic heterocycles. The Hall–Kier alpha value is -2.33. The Morgan fingerprint density at radius 1 is 1.17 bits per heavy atom. The maximum Gasteiger partial charge on any atom is 0.220 e. The van der Waals surface area contributed by atoms with Crippen LogP contribution in [-0.2, 0) is 11.2 Å². The molecular formula is C20H23NO3. The molecule has 0 unspecified atom stereocenters. The first-order valence-electron chi connectivity index (χ1n) is 8.43. The normalized spacial score (nSPS) is 17.5. The second-order valence-electron chi connectivity index (χ2n) is 6.22. The number of aliphatic hydroxyl groups is 1.